The maximum Gasteiger partial charge on any atom is 0.141 e. The number of Topliss-reactive ketones (excluding diaryl/α,β-unsaturated/α-hetero) is 1. The van der Waals surface area contributed by atoms with Crippen molar-refractivity contribution in [2.45, 2.75) is 19.3 Å². The molecule has 0 radical (unpaired) electrons. The van der Waals surface area contributed by atoms with Crippen LogP contribution in [0.2, 0.25) is 5.02 Å². The zero-order valence-electron chi connectivity index (χ0n) is 10.9. The number of nitrogens with zero attached hydrogens (tertiary/aromatic N) is 2. The Morgan fingerprint density at radius 1 is 1.15 bits per heavy atom. The van der Waals surface area contributed by atoms with Gasteiger partial charge in [0.2, 0.25) is 0 Å². The molecular formula is C15H15ClN2O2. The lowest BCUT2D eigenvalue weighted by Crippen LogP contribution is -2.07. The number of rotatable bonds is 6. The Bertz CT molecular complexity index is 588. The van der Waals surface area contributed by atoms with E-state index < -0.39 is 0 Å². The number of aliphatic hydroxyl groups is 1. The molecule has 0 unspecified atom stereocenters. The van der Waals surface area contributed by atoms with E-state index in [-0.39, 0.29) is 12.4 Å². The summed E-state index contributed by atoms with van der Waals surface area (Å²) < 4.78 is 0. The van der Waals surface area contributed by atoms with Crippen LogP contribution in [0.5, 0.6) is 0 Å². The van der Waals surface area contributed by atoms with E-state index >= 15 is 0 Å². The zero-order chi connectivity index (χ0) is 14.4. The predicted octanol–water partition coefficient (Wildman–Crippen LogP) is 2.02. The predicted molar refractivity (Wildman–Crippen MR) is 76.7 cm³/mol. The Labute approximate surface area is 122 Å². The molecule has 0 bridgehead atoms. The number of aliphatic hydroxyl groups excluding tert-OH is 1. The van der Waals surface area contributed by atoms with Gasteiger partial charge in [0.05, 0.1) is 0 Å². The number of hydrogen-bond donors (Lipinski definition) is 1. The summed E-state index contributed by atoms with van der Waals surface area (Å²) in [6.07, 6.45) is 5.89. The molecule has 0 saturated heterocycles. The van der Waals surface area contributed by atoms with E-state index in [0.29, 0.717) is 24.3 Å². The van der Waals surface area contributed by atoms with Gasteiger partial charge in [0, 0.05) is 36.9 Å². The molecule has 1 N–H and O–H groups in total. The van der Waals surface area contributed by atoms with Crippen LogP contribution in [-0.4, -0.2) is 27.5 Å². The van der Waals surface area contributed by atoms with E-state index in [1.54, 1.807) is 18.5 Å². The molecule has 0 spiro atoms. The van der Waals surface area contributed by atoms with Crippen molar-refractivity contribution < 1.29 is 9.90 Å². The van der Waals surface area contributed by atoms with Crippen molar-refractivity contribution in [2.75, 3.05) is 6.61 Å². The van der Waals surface area contributed by atoms with E-state index in [9.17, 15) is 4.79 Å². The molecule has 104 valence electrons. The number of halogens is 1. The number of hydrogen-bond acceptors (Lipinski definition) is 4. The second kappa shape index (κ2) is 7.12. The maximum atomic E-state index is 12.0. The molecule has 5 heteroatoms. The van der Waals surface area contributed by atoms with Crippen molar-refractivity contribution in [1.29, 1.82) is 0 Å². The highest BCUT2D eigenvalue weighted by Gasteiger charge is 2.08. The Morgan fingerprint density at radius 2 is 1.85 bits per heavy atom. The fraction of sp³-hybridized carbons (Fsp3) is 0.267. The Kier molecular flexibility index (Phi) is 5.21. The molecule has 20 heavy (non-hydrogen) atoms. The van der Waals surface area contributed by atoms with Crippen molar-refractivity contribution in [1.82, 2.24) is 9.97 Å². The molecule has 2 aromatic rings. The lowest BCUT2D eigenvalue weighted by Gasteiger charge is -2.06. The lowest BCUT2D eigenvalue weighted by molar-refractivity contribution is -0.117. The second-order valence-electron chi connectivity index (χ2n) is 4.54. The van der Waals surface area contributed by atoms with E-state index in [1.807, 2.05) is 12.1 Å². The molecule has 0 amide bonds. The molecule has 2 rings (SSSR count). The number of benzene rings is 1. The molecule has 1 heterocycles. The smallest absolute Gasteiger partial charge is 0.141 e. The van der Waals surface area contributed by atoms with Gasteiger partial charge in [0.15, 0.2) is 0 Å². The Balaban J connectivity index is 1.99. The summed E-state index contributed by atoms with van der Waals surface area (Å²) in [5.74, 6) is 0.0887. The van der Waals surface area contributed by atoms with Crippen LogP contribution >= 0.6 is 11.6 Å². The van der Waals surface area contributed by atoms with Crippen LogP contribution in [0.3, 0.4) is 0 Å². The third kappa shape index (κ3) is 4.11. The van der Waals surface area contributed by atoms with Crippen molar-refractivity contribution >= 4 is 17.4 Å². The summed E-state index contributed by atoms with van der Waals surface area (Å²) in [7, 11) is 0. The first-order valence-corrected chi connectivity index (χ1v) is 6.70. The molecule has 1 aromatic carbocycles. The fourth-order valence-corrected chi connectivity index (χ4v) is 2.26. The van der Waals surface area contributed by atoms with Crippen LogP contribution in [0.1, 0.15) is 16.7 Å². The van der Waals surface area contributed by atoms with Gasteiger partial charge >= 0.3 is 0 Å². The Morgan fingerprint density at radius 3 is 2.50 bits per heavy atom. The summed E-state index contributed by atoms with van der Waals surface area (Å²) >= 11 is 6.11. The molecule has 0 aliphatic carbocycles. The van der Waals surface area contributed by atoms with Gasteiger partial charge in [0.25, 0.3) is 0 Å². The van der Waals surface area contributed by atoms with E-state index in [0.717, 1.165) is 16.7 Å². The van der Waals surface area contributed by atoms with Gasteiger partial charge in [-0.15, -0.1) is 0 Å². The minimum Gasteiger partial charge on any atom is -0.396 e. The van der Waals surface area contributed by atoms with Gasteiger partial charge in [-0.3, -0.25) is 4.79 Å². The van der Waals surface area contributed by atoms with Crippen molar-refractivity contribution in [3.05, 3.63) is 58.6 Å². The number of carbonyl (C=O) groups is 1. The van der Waals surface area contributed by atoms with E-state index in [1.165, 1.54) is 6.33 Å². The third-order valence-electron chi connectivity index (χ3n) is 2.92. The summed E-state index contributed by atoms with van der Waals surface area (Å²) in [4.78, 5) is 19.7. The molecule has 1 aromatic heterocycles. The highest BCUT2D eigenvalue weighted by molar-refractivity contribution is 6.31. The average molecular weight is 291 g/mol. The average Bonchev–Trinajstić information content (AvgIpc) is 2.43. The summed E-state index contributed by atoms with van der Waals surface area (Å²) in [5, 5.41) is 9.49. The van der Waals surface area contributed by atoms with Crippen LogP contribution in [0, 0.1) is 0 Å². The molecule has 0 atom stereocenters. The van der Waals surface area contributed by atoms with Crippen LogP contribution < -0.4 is 0 Å². The topological polar surface area (TPSA) is 63.1 Å². The molecule has 0 aliphatic heterocycles. The summed E-state index contributed by atoms with van der Waals surface area (Å²) in [5.41, 5.74) is 2.57. The normalized spacial score (nSPS) is 10.5. The SMILES string of the molecule is O=C(Cc1cncnc1)Cc1ccc(CCO)c(Cl)c1. The fourth-order valence-electron chi connectivity index (χ4n) is 1.96. The zero-order valence-corrected chi connectivity index (χ0v) is 11.7. The summed E-state index contributed by atoms with van der Waals surface area (Å²) in [6.45, 7) is 0.0615. The number of aromatic nitrogens is 2. The first-order valence-electron chi connectivity index (χ1n) is 6.33. The monoisotopic (exact) mass is 290 g/mol. The van der Waals surface area contributed by atoms with Gasteiger partial charge in [-0.25, -0.2) is 9.97 Å². The quantitative estimate of drug-likeness (QED) is 0.884. The molecular weight excluding hydrogens is 276 g/mol. The maximum absolute atomic E-state index is 12.0. The summed E-state index contributed by atoms with van der Waals surface area (Å²) in [6, 6.07) is 5.51. The van der Waals surface area contributed by atoms with Crippen molar-refractivity contribution in [3.8, 4) is 0 Å². The second-order valence-corrected chi connectivity index (χ2v) is 4.95. The first-order chi connectivity index (χ1) is 9.69. The number of carbonyl (C=O) groups excluding carboxylic acids is 1. The minimum atomic E-state index is 0.0615. The van der Waals surface area contributed by atoms with E-state index in [2.05, 4.69) is 9.97 Å². The van der Waals surface area contributed by atoms with Gasteiger partial charge < -0.3 is 5.11 Å². The van der Waals surface area contributed by atoms with Crippen LogP contribution in [0.15, 0.2) is 36.9 Å². The molecule has 0 fully saturated rings. The highest BCUT2D eigenvalue weighted by atomic mass is 35.5. The molecule has 4 nitrogen and oxygen atoms in total. The van der Waals surface area contributed by atoms with Crippen LogP contribution in [-0.2, 0) is 24.1 Å². The first kappa shape index (κ1) is 14.6. The Hall–Kier alpha value is -1.78. The van der Waals surface area contributed by atoms with E-state index in [4.69, 9.17) is 16.7 Å². The standard InChI is InChI=1S/C15H15ClN2O2/c16-15-7-11(1-2-13(15)3-4-19)5-14(20)6-12-8-17-10-18-9-12/h1-2,7-10,19H,3-6H2. The van der Waals surface area contributed by atoms with Gasteiger partial charge in [-0.2, -0.15) is 0 Å². The van der Waals surface area contributed by atoms with Gasteiger partial charge in [-0.1, -0.05) is 23.7 Å². The minimum absolute atomic E-state index is 0.0615. The van der Waals surface area contributed by atoms with Gasteiger partial charge in [0.1, 0.15) is 12.1 Å². The highest BCUT2D eigenvalue weighted by Crippen LogP contribution is 2.19. The third-order valence-corrected chi connectivity index (χ3v) is 3.27. The molecule has 0 aliphatic rings. The number of ketones is 1. The van der Waals surface area contributed by atoms with Gasteiger partial charge in [-0.05, 0) is 29.2 Å². The van der Waals surface area contributed by atoms with Crippen molar-refractivity contribution in [2.24, 2.45) is 0 Å². The molecule has 0 saturated carbocycles. The van der Waals surface area contributed by atoms with Crippen LogP contribution in [0.4, 0.5) is 0 Å². The largest absolute Gasteiger partial charge is 0.396 e. The van der Waals surface area contributed by atoms with Crippen LogP contribution in [0.25, 0.3) is 0 Å². The lowest BCUT2D eigenvalue weighted by atomic mass is 10.0. The van der Waals surface area contributed by atoms with Crippen molar-refractivity contribution in [3.63, 3.8) is 0 Å².